The van der Waals surface area contributed by atoms with Crippen LogP contribution in [0.25, 0.3) is 11.2 Å². The van der Waals surface area contributed by atoms with Gasteiger partial charge in [0, 0.05) is 34.2 Å². The molecule has 0 saturated carbocycles. The number of allylic oxidation sites excluding steroid dienone is 2. The monoisotopic (exact) mass is 360 g/mol. The molecule has 0 bridgehead atoms. The number of nitrogens with one attached hydrogen (secondary N) is 1. The van der Waals surface area contributed by atoms with E-state index in [2.05, 4.69) is 21.3 Å². The Balaban J connectivity index is 2.17. The lowest BCUT2D eigenvalue weighted by Crippen LogP contribution is -2.37. The van der Waals surface area contributed by atoms with Crippen molar-refractivity contribution in [3.05, 3.63) is 32.5 Å². The summed E-state index contributed by atoms with van der Waals surface area (Å²) in [5.41, 5.74) is 1.41. The average Bonchev–Trinajstić information content (AvgIpc) is 3.23. The number of aromatic nitrogens is 4. The summed E-state index contributed by atoms with van der Waals surface area (Å²) in [6, 6.07) is 0. The molecule has 0 amide bonds. The van der Waals surface area contributed by atoms with Crippen LogP contribution in [0.15, 0.2) is 21.2 Å². The minimum atomic E-state index is -0.358. The lowest BCUT2D eigenvalue weighted by atomic mass is 10.1. The smallest absolute Gasteiger partial charge is 0.332 e. The van der Waals surface area contributed by atoms with Crippen LogP contribution in [0.1, 0.15) is 20.3 Å². The molecule has 1 N–H and O–H groups in total. The second-order valence-electron chi connectivity index (χ2n) is 7.42. The van der Waals surface area contributed by atoms with Crippen molar-refractivity contribution in [2.45, 2.75) is 26.8 Å². The van der Waals surface area contributed by atoms with Crippen molar-refractivity contribution in [3.63, 3.8) is 0 Å². The van der Waals surface area contributed by atoms with Crippen molar-refractivity contribution in [1.29, 1.82) is 0 Å². The molecule has 8 heteroatoms. The van der Waals surface area contributed by atoms with Crippen LogP contribution < -0.4 is 21.5 Å². The third kappa shape index (κ3) is 3.21. The molecule has 3 heterocycles. The van der Waals surface area contributed by atoms with Crippen LogP contribution in [0.2, 0.25) is 0 Å². The molecule has 0 radical (unpaired) electrons. The molecule has 0 aliphatic carbocycles. The van der Waals surface area contributed by atoms with Crippen LogP contribution in [-0.2, 0) is 20.6 Å². The first kappa shape index (κ1) is 18.4. The van der Waals surface area contributed by atoms with Gasteiger partial charge < -0.3 is 14.8 Å². The maximum atomic E-state index is 12.8. The third-order valence-corrected chi connectivity index (χ3v) is 5.05. The van der Waals surface area contributed by atoms with Gasteiger partial charge in [0.2, 0.25) is 5.95 Å². The standard InChI is InChI=1S/C18H28N6O2/c1-12(2)7-9-24-14-15(22(4)18(26)23(5)16(14)25)20-17(24)21(3)11-13-6-8-19-10-13/h7,13,19H,6,8-11H2,1-5H3. The van der Waals surface area contributed by atoms with Gasteiger partial charge in [-0.25, -0.2) is 4.79 Å². The highest BCUT2D eigenvalue weighted by Gasteiger charge is 2.23. The van der Waals surface area contributed by atoms with Crippen molar-refractivity contribution in [1.82, 2.24) is 24.0 Å². The van der Waals surface area contributed by atoms with E-state index in [0.717, 1.165) is 36.6 Å². The third-order valence-electron chi connectivity index (χ3n) is 5.05. The van der Waals surface area contributed by atoms with Gasteiger partial charge in [-0.2, -0.15) is 4.98 Å². The van der Waals surface area contributed by atoms with Crippen molar-refractivity contribution in [2.75, 3.05) is 31.6 Å². The van der Waals surface area contributed by atoms with Gasteiger partial charge in [-0.1, -0.05) is 11.6 Å². The van der Waals surface area contributed by atoms with Crippen molar-refractivity contribution >= 4 is 17.1 Å². The summed E-state index contributed by atoms with van der Waals surface area (Å²) in [5.74, 6) is 1.28. The van der Waals surface area contributed by atoms with E-state index < -0.39 is 0 Å². The van der Waals surface area contributed by atoms with Gasteiger partial charge in [0.15, 0.2) is 11.2 Å². The Morgan fingerprint density at radius 2 is 2.04 bits per heavy atom. The van der Waals surface area contributed by atoms with Crippen LogP contribution in [0.5, 0.6) is 0 Å². The van der Waals surface area contributed by atoms with Crippen LogP contribution in [0.3, 0.4) is 0 Å². The highest BCUT2D eigenvalue weighted by atomic mass is 16.2. The quantitative estimate of drug-likeness (QED) is 0.783. The van der Waals surface area contributed by atoms with Crippen molar-refractivity contribution < 1.29 is 0 Å². The molecule has 2 aromatic rings. The van der Waals surface area contributed by atoms with Gasteiger partial charge >= 0.3 is 5.69 Å². The summed E-state index contributed by atoms with van der Waals surface area (Å²) in [5, 5.41) is 3.38. The fourth-order valence-electron chi connectivity index (χ4n) is 3.51. The molecule has 3 rings (SSSR count). The lowest BCUT2D eigenvalue weighted by molar-refractivity contribution is 0.568. The molecule has 8 nitrogen and oxygen atoms in total. The number of fused-ring (bicyclic) bond motifs is 1. The SMILES string of the molecule is CC(C)=CCn1c(N(C)CC2CCNC2)nc2c1c(=O)n(C)c(=O)n2C. The summed E-state index contributed by atoms with van der Waals surface area (Å²) in [4.78, 5) is 31.8. The molecule has 26 heavy (non-hydrogen) atoms. The van der Waals surface area contributed by atoms with E-state index in [9.17, 15) is 9.59 Å². The molecule has 0 aromatic carbocycles. The second kappa shape index (κ2) is 7.11. The number of aryl methyl sites for hydroxylation is 1. The Bertz CT molecular complexity index is 955. The Morgan fingerprint density at radius 1 is 1.31 bits per heavy atom. The molecule has 1 saturated heterocycles. The van der Waals surface area contributed by atoms with Crippen molar-refractivity contribution in [3.8, 4) is 0 Å². The zero-order valence-electron chi connectivity index (χ0n) is 16.2. The molecule has 0 spiro atoms. The first-order chi connectivity index (χ1) is 12.3. The highest BCUT2D eigenvalue weighted by molar-refractivity contribution is 5.74. The fourth-order valence-corrected chi connectivity index (χ4v) is 3.51. The van der Waals surface area contributed by atoms with Crippen LogP contribution in [0.4, 0.5) is 5.95 Å². The van der Waals surface area contributed by atoms with Crippen LogP contribution in [0, 0.1) is 5.92 Å². The highest BCUT2D eigenvalue weighted by Crippen LogP contribution is 2.21. The van der Waals surface area contributed by atoms with E-state index in [0.29, 0.717) is 23.6 Å². The molecule has 1 aliphatic heterocycles. The molecular formula is C18H28N6O2. The van der Waals surface area contributed by atoms with Gasteiger partial charge in [0.1, 0.15) is 0 Å². The van der Waals surface area contributed by atoms with Gasteiger partial charge in [-0.3, -0.25) is 13.9 Å². The second-order valence-corrected chi connectivity index (χ2v) is 7.42. The van der Waals surface area contributed by atoms with E-state index in [1.807, 2.05) is 25.5 Å². The van der Waals surface area contributed by atoms with E-state index in [4.69, 9.17) is 0 Å². The van der Waals surface area contributed by atoms with Crippen LogP contribution in [-0.4, -0.2) is 45.4 Å². The number of anilines is 1. The minimum Gasteiger partial charge on any atom is -0.345 e. The largest absolute Gasteiger partial charge is 0.345 e. The zero-order chi connectivity index (χ0) is 19.0. The summed E-state index contributed by atoms with van der Waals surface area (Å²) in [7, 11) is 5.17. The van der Waals surface area contributed by atoms with E-state index >= 15 is 0 Å². The number of hydrogen-bond acceptors (Lipinski definition) is 5. The number of imidazole rings is 1. The normalized spacial score (nSPS) is 17.0. The molecule has 1 atom stereocenters. The summed E-state index contributed by atoms with van der Waals surface area (Å²) in [6.07, 6.45) is 3.21. The molecule has 1 aliphatic rings. The number of hydrogen-bond donors (Lipinski definition) is 1. The molecular weight excluding hydrogens is 332 g/mol. The maximum absolute atomic E-state index is 12.8. The Morgan fingerprint density at radius 3 is 2.65 bits per heavy atom. The molecule has 142 valence electrons. The van der Waals surface area contributed by atoms with Gasteiger partial charge in [-0.05, 0) is 39.3 Å². The topological polar surface area (TPSA) is 77.1 Å². The number of nitrogens with zero attached hydrogens (tertiary/aromatic N) is 5. The predicted molar refractivity (Wildman–Crippen MR) is 104 cm³/mol. The zero-order valence-corrected chi connectivity index (χ0v) is 16.2. The lowest BCUT2D eigenvalue weighted by Gasteiger charge is -2.22. The molecule has 1 unspecified atom stereocenters. The summed E-state index contributed by atoms with van der Waals surface area (Å²) >= 11 is 0. The van der Waals surface area contributed by atoms with Crippen molar-refractivity contribution in [2.24, 2.45) is 20.0 Å². The maximum Gasteiger partial charge on any atom is 0.332 e. The van der Waals surface area contributed by atoms with E-state index in [-0.39, 0.29) is 11.2 Å². The average molecular weight is 360 g/mol. The summed E-state index contributed by atoms with van der Waals surface area (Å²) in [6.45, 7) is 7.51. The summed E-state index contributed by atoms with van der Waals surface area (Å²) < 4.78 is 4.52. The Labute approximate surface area is 152 Å². The molecule has 1 fully saturated rings. The Kier molecular flexibility index (Phi) is 5.04. The number of rotatable bonds is 5. The first-order valence-electron chi connectivity index (χ1n) is 9.02. The Hall–Kier alpha value is -2.35. The van der Waals surface area contributed by atoms with Gasteiger partial charge in [-0.15, -0.1) is 0 Å². The van der Waals surface area contributed by atoms with Crippen LogP contribution >= 0.6 is 0 Å². The minimum absolute atomic E-state index is 0.306. The predicted octanol–water partition coefficient (Wildman–Crippen LogP) is 0.446. The van der Waals surface area contributed by atoms with E-state index in [1.54, 1.807) is 7.05 Å². The molecule has 2 aromatic heterocycles. The first-order valence-corrected chi connectivity index (χ1v) is 9.02. The van der Waals surface area contributed by atoms with Gasteiger partial charge in [0.25, 0.3) is 5.56 Å². The van der Waals surface area contributed by atoms with E-state index in [1.165, 1.54) is 17.2 Å². The fraction of sp³-hybridized carbons (Fsp3) is 0.611. The van der Waals surface area contributed by atoms with Gasteiger partial charge in [0.05, 0.1) is 0 Å².